The molecular weight excluding hydrogens is 278 g/mol. The Labute approximate surface area is 125 Å². The summed E-state index contributed by atoms with van der Waals surface area (Å²) in [5.41, 5.74) is 1.08. The first-order valence-corrected chi connectivity index (χ1v) is 6.37. The van der Waals surface area contributed by atoms with Crippen LogP contribution in [-0.4, -0.2) is 13.7 Å². The quantitative estimate of drug-likeness (QED) is 0.850. The normalized spacial score (nSPS) is 9.90. The van der Waals surface area contributed by atoms with E-state index in [2.05, 4.69) is 5.32 Å². The molecule has 20 heavy (non-hydrogen) atoms. The minimum absolute atomic E-state index is 0. The molecule has 1 aromatic heterocycles. The maximum Gasteiger partial charge on any atom is 0.165 e. The number of ether oxygens (including phenoxy) is 2. The molecular formula is C15H20ClNO3. The maximum absolute atomic E-state index is 5.66. The van der Waals surface area contributed by atoms with Gasteiger partial charge in [-0.3, -0.25) is 0 Å². The van der Waals surface area contributed by atoms with E-state index in [0.29, 0.717) is 19.7 Å². The standard InChI is InChI=1S/C15H19NO3.ClH/c1-3-18-15-12(6-4-8-14(15)17-2)10-16-11-13-7-5-9-19-13;/h4-9,16H,3,10-11H2,1-2H3;1H. The molecule has 0 unspecified atom stereocenters. The fourth-order valence-electron chi connectivity index (χ4n) is 1.90. The average Bonchev–Trinajstić information content (AvgIpc) is 2.94. The van der Waals surface area contributed by atoms with Gasteiger partial charge in [-0.1, -0.05) is 12.1 Å². The lowest BCUT2D eigenvalue weighted by atomic mass is 10.2. The molecule has 5 heteroatoms. The van der Waals surface area contributed by atoms with E-state index in [-0.39, 0.29) is 12.4 Å². The van der Waals surface area contributed by atoms with Crippen molar-refractivity contribution in [3.63, 3.8) is 0 Å². The number of benzene rings is 1. The van der Waals surface area contributed by atoms with Crippen molar-refractivity contribution in [1.29, 1.82) is 0 Å². The van der Waals surface area contributed by atoms with Gasteiger partial charge in [0.25, 0.3) is 0 Å². The smallest absolute Gasteiger partial charge is 0.165 e. The number of hydrogen-bond acceptors (Lipinski definition) is 4. The zero-order valence-corrected chi connectivity index (χ0v) is 12.5. The average molecular weight is 298 g/mol. The molecule has 110 valence electrons. The lowest BCUT2D eigenvalue weighted by Crippen LogP contribution is -2.13. The van der Waals surface area contributed by atoms with E-state index >= 15 is 0 Å². The van der Waals surface area contributed by atoms with Crippen LogP contribution in [0.2, 0.25) is 0 Å². The number of rotatable bonds is 7. The Morgan fingerprint density at radius 1 is 1.15 bits per heavy atom. The Morgan fingerprint density at radius 3 is 2.65 bits per heavy atom. The van der Waals surface area contributed by atoms with Gasteiger partial charge in [0.1, 0.15) is 5.76 Å². The van der Waals surface area contributed by atoms with Gasteiger partial charge in [0.05, 0.1) is 26.5 Å². The summed E-state index contributed by atoms with van der Waals surface area (Å²) in [6, 6.07) is 9.73. The molecule has 4 nitrogen and oxygen atoms in total. The van der Waals surface area contributed by atoms with Crippen molar-refractivity contribution < 1.29 is 13.9 Å². The van der Waals surface area contributed by atoms with E-state index in [0.717, 1.165) is 22.8 Å². The molecule has 2 aromatic rings. The number of halogens is 1. The predicted molar refractivity (Wildman–Crippen MR) is 80.7 cm³/mol. The Bertz CT molecular complexity index is 500. The second kappa shape index (κ2) is 8.51. The third kappa shape index (κ3) is 4.18. The van der Waals surface area contributed by atoms with Crippen molar-refractivity contribution in [3.8, 4) is 11.5 Å². The van der Waals surface area contributed by atoms with Gasteiger partial charge in [-0.05, 0) is 25.1 Å². The van der Waals surface area contributed by atoms with E-state index in [9.17, 15) is 0 Å². The zero-order valence-electron chi connectivity index (χ0n) is 11.7. The number of methoxy groups -OCH3 is 1. The third-order valence-corrected chi connectivity index (χ3v) is 2.76. The van der Waals surface area contributed by atoms with Crippen LogP contribution in [0.4, 0.5) is 0 Å². The first kappa shape index (κ1) is 16.4. The highest BCUT2D eigenvalue weighted by Crippen LogP contribution is 2.31. The summed E-state index contributed by atoms with van der Waals surface area (Å²) >= 11 is 0. The van der Waals surface area contributed by atoms with Crippen molar-refractivity contribution in [2.45, 2.75) is 20.0 Å². The first-order valence-electron chi connectivity index (χ1n) is 6.37. The molecule has 0 saturated carbocycles. The van der Waals surface area contributed by atoms with Crippen LogP contribution in [0.15, 0.2) is 41.0 Å². The Kier molecular flexibility index (Phi) is 6.98. The summed E-state index contributed by atoms with van der Waals surface area (Å²) in [6.07, 6.45) is 1.67. The highest BCUT2D eigenvalue weighted by molar-refractivity contribution is 5.85. The molecule has 1 N–H and O–H groups in total. The van der Waals surface area contributed by atoms with E-state index in [1.165, 1.54) is 0 Å². The summed E-state index contributed by atoms with van der Waals surface area (Å²) in [5, 5.41) is 3.32. The Balaban J connectivity index is 0.00000200. The SMILES string of the molecule is CCOc1c(CNCc2ccco2)cccc1OC.Cl. The van der Waals surface area contributed by atoms with Crippen LogP contribution < -0.4 is 14.8 Å². The molecule has 0 saturated heterocycles. The van der Waals surface area contributed by atoms with Gasteiger partial charge >= 0.3 is 0 Å². The second-order valence-corrected chi connectivity index (χ2v) is 4.06. The monoisotopic (exact) mass is 297 g/mol. The lowest BCUT2D eigenvalue weighted by molar-refractivity contribution is 0.306. The summed E-state index contributed by atoms with van der Waals surface area (Å²) in [5.74, 6) is 2.49. The first-order chi connectivity index (χ1) is 9.35. The van der Waals surface area contributed by atoms with Crippen LogP contribution in [-0.2, 0) is 13.1 Å². The molecule has 0 fully saturated rings. The van der Waals surface area contributed by atoms with Gasteiger partial charge in [0, 0.05) is 12.1 Å². The van der Waals surface area contributed by atoms with Crippen molar-refractivity contribution in [3.05, 3.63) is 47.9 Å². The van der Waals surface area contributed by atoms with Crippen LogP contribution in [0.1, 0.15) is 18.2 Å². The second-order valence-electron chi connectivity index (χ2n) is 4.06. The van der Waals surface area contributed by atoms with Crippen LogP contribution in [0.3, 0.4) is 0 Å². The number of furan rings is 1. The highest BCUT2D eigenvalue weighted by Gasteiger charge is 2.09. The van der Waals surface area contributed by atoms with Crippen molar-refractivity contribution in [1.82, 2.24) is 5.32 Å². The van der Waals surface area contributed by atoms with E-state index in [4.69, 9.17) is 13.9 Å². The van der Waals surface area contributed by atoms with Crippen molar-refractivity contribution in [2.75, 3.05) is 13.7 Å². The minimum Gasteiger partial charge on any atom is -0.493 e. The van der Waals surface area contributed by atoms with Crippen molar-refractivity contribution in [2.24, 2.45) is 0 Å². The molecule has 0 amide bonds. The number of hydrogen-bond donors (Lipinski definition) is 1. The molecule has 0 aliphatic carbocycles. The molecule has 0 spiro atoms. The summed E-state index contributed by atoms with van der Waals surface area (Å²) < 4.78 is 16.3. The van der Waals surface area contributed by atoms with E-state index in [1.807, 2.05) is 37.3 Å². The fourth-order valence-corrected chi connectivity index (χ4v) is 1.90. The zero-order chi connectivity index (χ0) is 13.5. The molecule has 0 atom stereocenters. The topological polar surface area (TPSA) is 43.6 Å². The highest BCUT2D eigenvalue weighted by atomic mass is 35.5. The lowest BCUT2D eigenvalue weighted by Gasteiger charge is -2.14. The molecule has 2 rings (SSSR count). The van der Waals surface area contributed by atoms with E-state index in [1.54, 1.807) is 13.4 Å². The molecule has 0 radical (unpaired) electrons. The molecule has 0 aliphatic rings. The number of para-hydroxylation sites is 1. The van der Waals surface area contributed by atoms with Gasteiger partial charge in [-0.25, -0.2) is 0 Å². The predicted octanol–water partition coefficient (Wildman–Crippen LogP) is 3.40. The molecule has 1 heterocycles. The summed E-state index contributed by atoms with van der Waals surface area (Å²) in [4.78, 5) is 0. The van der Waals surface area contributed by atoms with Crippen LogP contribution in [0, 0.1) is 0 Å². The largest absolute Gasteiger partial charge is 0.493 e. The van der Waals surface area contributed by atoms with Gasteiger partial charge in [0.15, 0.2) is 11.5 Å². The third-order valence-electron chi connectivity index (χ3n) is 2.76. The molecule has 1 aromatic carbocycles. The Hall–Kier alpha value is -1.65. The minimum atomic E-state index is 0. The van der Waals surface area contributed by atoms with Crippen LogP contribution in [0.5, 0.6) is 11.5 Å². The summed E-state index contributed by atoms with van der Waals surface area (Å²) in [6.45, 7) is 3.97. The molecule has 0 bridgehead atoms. The van der Waals surface area contributed by atoms with Gasteiger partial charge < -0.3 is 19.2 Å². The Morgan fingerprint density at radius 2 is 2.00 bits per heavy atom. The van der Waals surface area contributed by atoms with Gasteiger partial charge in [0.2, 0.25) is 0 Å². The summed E-state index contributed by atoms with van der Waals surface area (Å²) in [7, 11) is 1.65. The molecule has 0 aliphatic heterocycles. The van der Waals surface area contributed by atoms with E-state index < -0.39 is 0 Å². The van der Waals surface area contributed by atoms with Crippen LogP contribution in [0.25, 0.3) is 0 Å². The van der Waals surface area contributed by atoms with Crippen LogP contribution >= 0.6 is 12.4 Å². The van der Waals surface area contributed by atoms with Gasteiger partial charge in [-0.2, -0.15) is 0 Å². The fraction of sp³-hybridized carbons (Fsp3) is 0.333. The van der Waals surface area contributed by atoms with Gasteiger partial charge in [-0.15, -0.1) is 12.4 Å². The maximum atomic E-state index is 5.66. The van der Waals surface area contributed by atoms with Crippen molar-refractivity contribution >= 4 is 12.4 Å². The number of nitrogens with one attached hydrogen (secondary N) is 1.